The second kappa shape index (κ2) is 8.32. The molecular formula is C21H24BrN5O2. The lowest BCUT2D eigenvalue weighted by molar-refractivity contribution is -0.122. The topological polar surface area (TPSA) is 81.9 Å². The first kappa shape index (κ1) is 21.0. The number of benzene rings is 1. The quantitative estimate of drug-likeness (QED) is 0.612. The van der Waals surface area contributed by atoms with Crippen LogP contribution in [0.15, 0.2) is 47.2 Å². The van der Waals surface area contributed by atoms with Crippen molar-refractivity contribution in [2.24, 2.45) is 0 Å². The van der Waals surface area contributed by atoms with Crippen LogP contribution in [0.1, 0.15) is 39.0 Å². The number of nitrogens with zero attached hydrogens (tertiary/aromatic N) is 4. The van der Waals surface area contributed by atoms with Gasteiger partial charge in [-0.3, -0.25) is 4.79 Å². The average molecular weight is 458 g/mol. The zero-order valence-corrected chi connectivity index (χ0v) is 18.7. The minimum absolute atomic E-state index is 0.200. The molecule has 7 nitrogen and oxygen atoms in total. The number of aromatic nitrogens is 4. The molecule has 0 radical (unpaired) electrons. The van der Waals surface area contributed by atoms with E-state index in [-0.39, 0.29) is 11.3 Å². The van der Waals surface area contributed by atoms with Crippen LogP contribution in [0.25, 0.3) is 5.95 Å². The Balaban J connectivity index is 1.84. The van der Waals surface area contributed by atoms with Gasteiger partial charge in [-0.1, -0.05) is 26.8 Å². The molecule has 3 aromatic rings. The van der Waals surface area contributed by atoms with Gasteiger partial charge in [0.2, 0.25) is 0 Å². The third-order valence-corrected chi connectivity index (χ3v) is 4.85. The summed E-state index contributed by atoms with van der Waals surface area (Å²) in [5, 5.41) is 7.49. The Kier molecular flexibility index (Phi) is 6.02. The van der Waals surface area contributed by atoms with Gasteiger partial charge in [-0.2, -0.15) is 9.78 Å². The summed E-state index contributed by atoms with van der Waals surface area (Å²) >= 11 is 3.47. The maximum absolute atomic E-state index is 12.8. The van der Waals surface area contributed by atoms with E-state index in [1.807, 2.05) is 31.2 Å². The fraction of sp³-hybridized carbons (Fsp3) is 0.333. The molecule has 0 fully saturated rings. The van der Waals surface area contributed by atoms with Gasteiger partial charge in [-0.15, -0.1) is 0 Å². The van der Waals surface area contributed by atoms with Crippen molar-refractivity contribution in [2.75, 3.05) is 5.32 Å². The van der Waals surface area contributed by atoms with Crippen LogP contribution in [0.2, 0.25) is 0 Å². The van der Waals surface area contributed by atoms with Crippen LogP contribution in [-0.4, -0.2) is 31.8 Å². The highest BCUT2D eigenvalue weighted by atomic mass is 79.9. The van der Waals surface area contributed by atoms with E-state index in [0.29, 0.717) is 17.5 Å². The van der Waals surface area contributed by atoms with Crippen LogP contribution >= 0.6 is 15.9 Å². The number of ether oxygens (including phenoxy) is 1. The summed E-state index contributed by atoms with van der Waals surface area (Å²) in [4.78, 5) is 21.3. The number of hydrogen-bond donors (Lipinski definition) is 1. The summed E-state index contributed by atoms with van der Waals surface area (Å²) < 4.78 is 8.17. The summed E-state index contributed by atoms with van der Waals surface area (Å²) in [5.41, 5.74) is 1.71. The second-order valence-corrected chi connectivity index (χ2v) is 8.66. The number of nitrogens with one attached hydrogen (secondary N) is 1. The fourth-order valence-electron chi connectivity index (χ4n) is 2.56. The van der Waals surface area contributed by atoms with Crippen molar-refractivity contribution in [1.82, 2.24) is 19.7 Å². The van der Waals surface area contributed by atoms with Gasteiger partial charge in [0, 0.05) is 23.9 Å². The Morgan fingerprint density at radius 1 is 1.21 bits per heavy atom. The van der Waals surface area contributed by atoms with E-state index < -0.39 is 6.10 Å². The zero-order valence-electron chi connectivity index (χ0n) is 17.1. The summed E-state index contributed by atoms with van der Waals surface area (Å²) in [5.74, 6) is 1.18. The summed E-state index contributed by atoms with van der Waals surface area (Å²) in [6, 6.07) is 9.27. The SMILES string of the molecule is Cc1ccc(OC(C)C(=O)Nc2cc(C(C)(C)C)nn2-c2ncccn2)c(Br)c1. The Morgan fingerprint density at radius 3 is 2.52 bits per heavy atom. The molecule has 1 N–H and O–H groups in total. The van der Waals surface area contributed by atoms with Crippen LogP contribution < -0.4 is 10.1 Å². The first-order chi connectivity index (χ1) is 13.6. The van der Waals surface area contributed by atoms with Crippen molar-refractivity contribution in [3.05, 3.63) is 58.5 Å². The number of anilines is 1. The maximum atomic E-state index is 12.8. The molecule has 3 rings (SSSR count). The number of aryl methyl sites for hydroxylation is 1. The maximum Gasteiger partial charge on any atom is 0.266 e. The molecular weight excluding hydrogens is 434 g/mol. The van der Waals surface area contributed by atoms with Gasteiger partial charge in [0.05, 0.1) is 10.2 Å². The van der Waals surface area contributed by atoms with Crippen LogP contribution in [0.4, 0.5) is 5.82 Å². The highest BCUT2D eigenvalue weighted by Gasteiger charge is 2.24. The molecule has 1 amide bonds. The smallest absolute Gasteiger partial charge is 0.266 e. The standard InChI is InChI=1S/C21H24BrN5O2/c1-13-7-8-16(15(22)11-13)29-14(2)19(28)25-18-12-17(21(3,4)5)26-27(18)20-23-9-6-10-24-20/h6-12,14H,1-5H3,(H,25,28). The van der Waals surface area contributed by atoms with E-state index >= 15 is 0 Å². The third kappa shape index (κ3) is 5.00. The van der Waals surface area contributed by atoms with E-state index in [0.717, 1.165) is 15.7 Å². The van der Waals surface area contributed by atoms with Crippen LogP contribution in [0.5, 0.6) is 5.75 Å². The van der Waals surface area contributed by atoms with Gasteiger partial charge in [-0.05, 0) is 53.5 Å². The number of hydrogen-bond acceptors (Lipinski definition) is 5. The summed E-state index contributed by atoms with van der Waals surface area (Å²) in [6.07, 6.45) is 2.55. The van der Waals surface area contributed by atoms with Crippen molar-refractivity contribution in [2.45, 2.75) is 46.1 Å². The van der Waals surface area contributed by atoms with Crippen molar-refractivity contribution < 1.29 is 9.53 Å². The molecule has 1 atom stereocenters. The molecule has 0 aliphatic heterocycles. The molecule has 8 heteroatoms. The fourth-order valence-corrected chi connectivity index (χ4v) is 3.15. The number of amides is 1. The molecule has 29 heavy (non-hydrogen) atoms. The Labute approximate surface area is 178 Å². The minimum Gasteiger partial charge on any atom is -0.480 e. The first-order valence-electron chi connectivity index (χ1n) is 9.27. The van der Waals surface area contributed by atoms with E-state index in [9.17, 15) is 4.79 Å². The van der Waals surface area contributed by atoms with Crippen molar-refractivity contribution in [1.29, 1.82) is 0 Å². The van der Waals surface area contributed by atoms with Gasteiger partial charge < -0.3 is 10.1 Å². The van der Waals surface area contributed by atoms with Gasteiger partial charge >= 0.3 is 0 Å². The summed E-state index contributed by atoms with van der Waals surface area (Å²) in [6.45, 7) is 9.85. The van der Waals surface area contributed by atoms with Gasteiger partial charge in [-0.25, -0.2) is 9.97 Å². The lowest BCUT2D eigenvalue weighted by Gasteiger charge is -2.16. The monoisotopic (exact) mass is 457 g/mol. The predicted molar refractivity (Wildman–Crippen MR) is 115 cm³/mol. The van der Waals surface area contributed by atoms with E-state index in [2.05, 4.69) is 57.1 Å². The zero-order chi connectivity index (χ0) is 21.2. The van der Waals surface area contributed by atoms with Crippen molar-refractivity contribution in [3.63, 3.8) is 0 Å². The number of rotatable bonds is 5. The van der Waals surface area contributed by atoms with Crippen LogP contribution in [-0.2, 0) is 10.2 Å². The Hall–Kier alpha value is -2.74. The van der Waals surface area contributed by atoms with E-state index in [4.69, 9.17) is 4.74 Å². The molecule has 0 saturated heterocycles. The number of halogens is 1. The van der Waals surface area contributed by atoms with Gasteiger partial charge in [0.25, 0.3) is 11.9 Å². The van der Waals surface area contributed by atoms with Gasteiger partial charge in [0.15, 0.2) is 6.10 Å². The van der Waals surface area contributed by atoms with Crippen molar-refractivity contribution >= 4 is 27.7 Å². The molecule has 2 heterocycles. The molecule has 2 aromatic heterocycles. The highest BCUT2D eigenvalue weighted by Crippen LogP contribution is 2.28. The molecule has 0 bridgehead atoms. The second-order valence-electron chi connectivity index (χ2n) is 7.81. The van der Waals surface area contributed by atoms with E-state index in [1.54, 1.807) is 25.4 Å². The third-order valence-electron chi connectivity index (χ3n) is 4.23. The predicted octanol–water partition coefficient (Wildman–Crippen LogP) is 4.44. The van der Waals surface area contributed by atoms with Gasteiger partial charge in [0.1, 0.15) is 11.6 Å². The normalized spacial score (nSPS) is 12.5. The molecule has 0 aliphatic rings. The Morgan fingerprint density at radius 2 is 1.90 bits per heavy atom. The number of carbonyl (C=O) groups excluding carboxylic acids is 1. The molecule has 1 unspecified atom stereocenters. The van der Waals surface area contributed by atoms with Crippen molar-refractivity contribution in [3.8, 4) is 11.7 Å². The van der Waals surface area contributed by atoms with Crippen LogP contribution in [0.3, 0.4) is 0 Å². The van der Waals surface area contributed by atoms with E-state index in [1.165, 1.54) is 4.68 Å². The molecule has 1 aromatic carbocycles. The first-order valence-corrected chi connectivity index (χ1v) is 10.1. The van der Waals surface area contributed by atoms with Crippen LogP contribution in [0, 0.1) is 6.92 Å². The highest BCUT2D eigenvalue weighted by molar-refractivity contribution is 9.10. The summed E-state index contributed by atoms with van der Waals surface area (Å²) in [7, 11) is 0. The Bertz CT molecular complexity index is 1010. The number of carbonyl (C=O) groups is 1. The lowest BCUT2D eigenvalue weighted by Crippen LogP contribution is -2.31. The molecule has 0 aliphatic carbocycles. The average Bonchev–Trinajstić information content (AvgIpc) is 3.09. The molecule has 152 valence electrons. The molecule has 0 spiro atoms. The molecule has 0 saturated carbocycles. The lowest BCUT2D eigenvalue weighted by atomic mass is 9.92. The minimum atomic E-state index is -0.716. The largest absolute Gasteiger partial charge is 0.480 e.